The van der Waals surface area contributed by atoms with E-state index in [9.17, 15) is 4.79 Å². The Morgan fingerprint density at radius 2 is 2.60 bits per heavy atom. The molecule has 0 bridgehead atoms. The van der Waals surface area contributed by atoms with Crippen LogP contribution in [0.5, 0.6) is 0 Å². The van der Waals surface area contributed by atoms with E-state index in [4.69, 9.17) is 10.2 Å². The minimum Gasteiger partial charge on any atom is -0.472 e. The lowest BCUT2D eigenvalue weighted by Crippen LogP contribution is -2.05. The smallest absolute Gasteiger partial charge is 0.122 e. The fourth-order valence-corrected chi connectivity index (χ4v) is 0.634. The number of carbonyl (C=O) groups excluding carboxylic acids is 1. The van der Waals surface area contributed by atoms with Crippen LogP contribution in [0, 0.1) is 0 Å². The molecule has 1 aromatic heterocycles. The summed E-state index contributed by atoms with van der Waals surface area (Å²) >= 11 is 0. The summed E-state index contributed by atoms with van der Waals surface area (Å²) in [5.74, 6) is 1.61. The van der Waals surface area contributed by atoms with E-state index in [1.54, 1.807) is 12.0 Å². The lowest BCUT2D eigenvalue weighted by atomic mass is 10.2. The van der Waals surface area contributed by atoms with E-state index in [0.29, 0.717) is 0 Å². The number of hydrogen-bond donors (Lipinski definition) is 1. The largest absolute Gasteiger partial charge is 0.472 e. The first-order valence-electron chi connectivity index (χ1n) is 2.83. The third-order valence-corrected chi connectivity index (χ3v) is 1.18. The van der Waals surface area contributed by atoms with E-state index in [2.05, 4.69) is 0 Å². The van der Waals surface area contributed by atoms with Gasteiger partial charge in [0, 0.05) is 11.6 Å². The lowest BCUT2D eigenvalue weighted by Gasteiger charge is -1.96. The minimum absolute atomic E-state index is 0.392. The van der Waals surface area contributed by atoms with Crippen LogP contribution in [0.15, 0.2) is 29.1 Å². The predicted molar refractivity (Wildman–Crippen MR) is 35.9 cm³/mol. The molecule has 0 fully saturated rings. The van der Waals surface area contributed by atoms with Crippen LogP contribution < -0.4 is 5.73 Å². The molecule has 3 heteroatoms. The minimum atomic E-state index is -0.392. The molecule has 1 heterocycles. The summed E-state index contributed by atoms with van der Waals surface area (Å²) in [5.41, 5.74) is 6.25. The average Bonchev–Trinajstić information content (AvgIpc) is 2.38. The van der Waals surface area contributed by atoms with Gasteiger partial charge in [-0.2, -0.15) is 0 Å². The SMILES string of the molecule is NC(C=C=O)c1ccoc1. The molecule has 0 radical (unpaired) electrons. The van der Waals surface area contributed by atoms with Crippen LogP contribution in [0.1, 0.15) is 11.6 Å². The summed E-state index contributed by atoms with van der Waals surface area (Å²) in [5, 5.41) is 0. The fourth-order valence-electron chi connectivity index (χ4n) is 0.634. The van der Waals surface area contributed by atoms with Crippen LogP contribution >= 0.6 is 0 Å². The first-order valence-corrected chi connectivity index (χ1v) is 2.83. The van der Waals surface area contributed by atoms with E-state index in [-0.39, 0.29) is 0 Å². The molecule has 0 aliphatic carbocycles. The number of hydrogen-bond acceptors (Lipinski definition) is 3. The molecule has 0 aliphatic heterocycles. The van der Waals surface area contributed by atoms with Gasteiger partial charge in [0.1, 0.15) is 5.94 Å². The molecule has 1 aromatic rings. The highest BCUT2D eigenvalue weighted by atomic mass is 16.3. The normalized spacial score (nSPS) is 12.1. The molecule has 1 rings (SSSR count). The van der Waals surface area contributed by atoms with E-state index < -0.39 is 6.04 Å². The second-order valence-electron chi connectivity index (χ2n) is 1.87. The molecule has 0 saturated carbocycles. The van der Waals surface area contributed by atoms with Crippen molar-refractivity contribution in [1.82, 2.24) is 0 Å². The Morgan fingerprint density at radius 3 is 3.10 bits per heavy atom. The Kier molecular flexibility index (Phi) is 2.05. The summed E-state index contributed by atoms with van der Waals surface area (Å²) in [6, 6.07) is 1.31. The van der Waals surface area contributed by atoms with Crippen LogP contribution in [0.4, 0.5) is 0 Å². The van der Waals surface area contributed by atoms with E-state index in [1.165, 1.54) is 18.6 Å². The van der Waals surface area contributed by atoms with Crippen molar-refractivity contribution in [2.24, 2.45) is 5.73 Å². The Balaban J connectivity index is 2.76. The number of furan rings is 1. The van der Waals surface area contributed by atoms with Gasteiger partial charge >= 0.3 is 0 Å². The summed E-state index contributed by atoms with van der Waals surface area (Å²) < 4.78 is 4.75. The van der Waals surface area contributed by atoms with E-state index >= 15 is 0 Å². The van der Waals surface area contributed by atoms with Crippen LogP contribution in [-0.4, -0.2) is 5.94 Å². The van der Waals surface area contributed by atoms with Gasteiger partial charge in [-0.15, -0.1) is 0 Å². The van der Waals surface area contributed by atoms with Gasteiger partial charge in [-0.1, -0.05) is 0 Å². The van der Waals surface area contributed by atoms with Crippen LogP contribution in [0.3, 0.4) is 0 Å². The zero-order chi connectivity index (χ0) is 7.40. The first kappa shape index (κ1) is 6.81. The van der Waals surface area contributed by atoms with Gasteiger partial charge in [-0.25, -0.2) is 4.79 Å². The summed E-state index contributed by atoms with van der Waals surface area (Å²) in [6.45, 7) is 0. The third kappa shape index (κ3) is 1.35. The van der Waals surface area contributed by atoms with Crippen LogP contribution in [0.25, 0.3) is 0 Å². The topological polar surface area (TPSA) is 56.2 Å². The predicted octanol–water partition coefficient (Wildman–Crippen LogP) is 0.667. The second-order valence-corrected chi connectivity index (χ2v) is 1.87. The fraction of sp³-hybridized carbons (Fsp3) is 0.143. The van der Waals surface area contributed by atoms with Gasteiger partial charge in [0.05, 0.1) is 18.6 Å². The molecule has 1 atom stereocenters. The molecule has 3 nitrogen and oxygen atoms in total. The summed E-state index contributed by atoms with van der Waals surface area (Å²) in [6.07, 6.45) is 4.25. The molecule has 0 aromatic carbocycles. The summed E-state index contributed by atoms with van der Waals surface area (Å²) in [7, 11) is 0. The molecular formula is C7H7NO2. The monoisotopic (exact) mass is 137 g/mol. The summed E-state index contributed by atoms with van der Waals surface area (Å²) in [4.78, 5) is 9.82. The molecule has 2 N–H and O–H groups in total. The van der Waals surface area contributed by atoms with Crippen molar-refractivity contribution in [2.45, 2.75) is 6.04 Å². The van der Waals surface area contributed by atoms with Crippen molar-refractivity contribution in [1.29, 1.82) is 0 Å². The number of nitrogens with two attached hydrogens (primary N) is 1. The molecule has 0 spiro atoms. The maximum absolute atomic E-state index is 9.82. The van der Waals surface area contributed by atoms with Crippen molar-refractivity contribution in [3.63, 3.8) is 0 Å². The molecule has 1 unspecified atom stereocenters. The number of rotatable bonds is 2. The Labute approximate surface area is 58.1 Å². The van der Waals surface area contributed by atoms with Crippen molar-refractivity contribution >= 4 is 5.94 Å². The molecule has 10 heavy (non-hydrogen) atoms. The Morgan fingerprint density at radius 1 is 1.80 bits per heavy atom. The molecule has 0 amide bonds. The van der Waals surface area contributed by atoms with Gasteiger partial charge in [-0.05, 0) is 6.07 Å². The van der Waals surface area contributed by atoms with Crippen molar-refractivity contribution in [3.05, 3.63) is 30.2 Å². The highest BCUT2D eigenvalue weighted by Gasteiger charge is 2.01. The zero-order valence-electron chi connectivity index (χ0n) is 5.28. The highest BCUT2D eigenvalue weighted by molar-refractivity contribution is 5.47. The molecule has 52 valence electrons. The maximum atomic E-state index is 9.82. The zero-order valence-corrected chi connectivity index (χ0v) is 5.28. The van der Waals surface area contributed by atoms with Gasteiger partial charge in [0.2, 0.25) is 0 Å². The van der Waals surface area contributed by atoms with Crippen LogP contribution in [0.2, 0.25) is 0 Å². The third-order valence-electron chi connectivity index (χ3n) is 1.18. The van der Waals surface area contributed by atoms with Crippen molar-refractivity contribution < 1.29 is 9.21 Å². The Hall–Kier alpha value is -1.31. The van der Waals surface area contributed by atoms with E-state index in [0.717, 1.165) is 5.56 Å². The molecular weight excluding hydrogens is 130 g/mol. The standard InChI is InChI=1S/C7H7NO2/c8-7(1-3-9)6-2-4-10-5-6/h1-2,4-5,7H,8H2. The van der Waals surface area contributed by atoms with Crippen molar-refractivity contribution in [3.8, 4) is 0 Å². The van der Waals surface area contributed by atoms with Crippen LogP contribution in [-0.2, 0) is 4.79 Å². The highest BCUT2D eigenvalue weighted by Crippen LogP contribution is 2.09. The molecule has 0 saturated heterocycles. The van der Waals surface area contributed by atoms with Gasteiger partial charge in [-0.3, -0.25) is 0 Å². The first-order chi connectivity index (χ1) is 4.84. The van der Waals surface area contributed by atoms with Crippen molar-refractivity contribution in [2.75, 3.05) is 0 Å². The van der Waals surface area contributed by atoms with E-state index in [1.807, 2.05) is 0 Å². The van der Waals surface area contributed by atoms with Gasteiger partial charge in [0.15, 0.2) is 0 Å². The molecule has 0 aliphatic rings. The maximum Gasteiger partial charge on any atom is 0.122 e. The quantitative estimate of drug-likeness (QED) is 0.609. The lowest BCUT2D eigenvalue weighted by molar-refractivity contribution is 0.561. The van der Waals surface area contributed by atoms with Gasteiger partial charge in [0.25, 0.3) is 0 Å². The average molecular weight is 137 g/mol. The Bertz CT molecular complexity index is 234. The van der Waals surface area contributed by atoms with Gasteiger partial charge < -0.3 is 10.2 Å². The second kappa shape index (κ2) is 3.01.